The minimum absolute atomic E-state index is 0.231. The number of halogens is 1. The summed E-state index contributed by atoms with van der Waals surface area (Å²) < 4.78 is 18.7. The summed E-state index contributed by atoms with van der Waals surface area (Å²) >= 11 is 0. The maximum atomic E-state index is 13.0. The highest BCUT2D eigenvalue weighted by atomic mass is 19.1. The van der Waals surface area contributed by atoms with Crippen molar-refractivity contribution in [2.24, 2.45) is 0 Å². The van der Waals surface area contributed by atoms with Crippen molar-refractivity contribution in [3.05, 3.63) is 106 Å². The quantitative estimate of drug-likeness (QED) is 0.511. The van der Waals surface area contributed by atoms with Crippen molar-refractivity contribution in [2.75, 3.05) is 5.32 Å². The van der Waals surface area contributed by atoms with Gasteiger partial charge in [-0.1, -0.05) is 30.3 Å². The van der Waals surface area contributed by atoms with Crippen LogP contribution in [0.3, 0.4) is 0 Å². The Balaban J connectivity index is 1.42. The molecule has 0 spiro atoms. The van der Waals surface area contributed by atoms with E-state index in [-0.39, 0.29) is 29.4 Å². The standard InChI is InChI=1S/C22H17FN4O2/c23-16-8-6-15(7-9-16)14-20-21(28)25-22(27-26-20)24-17-10-12-19(13-11-17)29-18-4-2-1-3-5-18/h1-13H,14H2,(H2,24,25,27,28). The van der Waals surface area contributed by atoms with Gasteiger partial charge in [-0.15, -0.1) is 10.2 Å². The second-order valence-corrected chi connectivity index (χ2v) is 6.32. The zero-order valence-corrected chi connectivity index (χ0v) is 15.3. The summed E-state index contributed by atoms with van der Waals surface area (Å²) in [6, 6.07) is 22.6. The number of benzene rings is 3. The van der Waals surface area contributed by atoms with Gasteiger partial charge in [0, 0.05) is 12.1 Å². The van der Waals surface area contributed by atoms with E-state index in [0.717, 1.165) is 17.0 Å². The molecule has 0 atom stereocenters. The molecule has 3 aromatic carbocycles. The maximum Gasteiger partial charge on any atom is 0.274 e. The summed E-state index contributed by atoms with van der Waals surface area (Å²) in [6.07, 6.45) is 0.272. The summed E-state index contributed by atoms with van der Waals surface area (Å²) in [6.45, 7) is 0. The fourth-order valence-electron chi connectivity index (χ4n) is 2.70. The van der Waals surface area contributed by atoms with Crippen LogP contribution in [0.1, 0.15) is 11.3 Å². The average Bonchev–Trinajstić information content (AvgIpc) is 2.74. The topological polar surface area (TPSA) is 79.9 Å². The molecule has 2 N–H and O–H groups in total. The summed E-state index contributed by atoms with van der Waals surface area (Å²) in [5.41, 5.74) is 1.41. The Labute approximate surface area is 166 Å². The highest BCUT2D eigenvalue weighted by Crippen LogP contribution is 2.23. The van der Waals surface area contributed by atoms with E-state index in [4.69, 9.17) is 4.74 Å². The van der Waals surface area contributed by atoms with Gasteiger partial charge in [0.2, 0.25) is 5.95 Å². The smallest absolute Gasteiger partial charge is 0.274 e. The lowest BCUT2D eigenvalue weighted by atomic mass is 10.1. The molecular formula is C22H17FN4O2. The summed E-state index contributed by atoms with van der Waals surface area (Å²) in [5.74, 6) is 1.35. The van der Waals surface area contributed by atoms with Crippen LogP contribution in [0.5, 0.6) is 11.5 Å². The molecule has 4 aromatic rings. The van der Waals surface area contributed by atoms with E-state index in [1.165, 1.54) is 12.1 Å². The number of nitrogens with one attached hydrogen (secondary N) is 2. The Morgan fingerprint density at radius 2 is 1.55 bits per heavy atom. The van der Waals surface area contributed by atoms with Gasteiger partial charge in [0.05, 0.1) is 0 Å². The van der Waals surface area contributed by atoms with E-state index in [0.29, 0.717) is 5.75 Å². The first kappa shape index (κ1) is 18.4. The number of hydrogen-bond donors (Lipinski definition) is 2. The van der Waals surface area contributed by atoms with Crippen LogP contribution in [0.15, 0.2) is 83.7 Å². The fraction of sp³-hybridized carbons (Fsp3) is 0.0455. The Bertz CT molecular complexity index is 1140. The molecular weight excluding hydrogens is 371 g/mol. The monoisotopic (exact) mass is 388 g/mol. The number of aromatic amines is 1. The number of hydrogen-bond acceptors (Lipinski definition) is 5. The van der Waals surface area contributed by atoms with Crippen molar-refractivity contribution < 1.29 is 9.13 Å². The zero-order chi connectivity index (χ0) is 20.1. The highest BCUT2D eigenvalue weighted by Gasteiger charge is 2.07. The fourth-order valence-corrected chi connectivity index (χ4v) is 2.70. The van der Waals surface area contributed by atoms with Crippen molar-refractivity contribution in [1.29, 1.82) is 0 Å². The largest absolute Gasteiger partial charge is 0.457 e. The van der Waals surface area contributed by atoms with E-state index >= 15 is 0 Å². The van der Waals surface area contributed by atoms with Gasteiger partial charge in [-0.2, -0.15) is 0 Å². The number of H-pyrrole nitrogens is 1. The summed E-state index contributed by atoms with van der Waals surface area (Å²) in [4.78, 5) is 14.9. The van der Waals surface area contributed by atoms with Crippen molar-refractivity contribution in [3.63, 3.8) is 0 Å². The predicted molar refractivity (Wildman–Crippen MR) is 108 cm³/mol. The van der Waals surface area contributed by atoms with Gasteiger partial charge in [-0.25, -0.2) is 4.39 Å². The number of aromatic nitrogens is 3. The van der Waals surface area contributed by atoms with Gasteiger partial charge in [0.15, 0.2) is 0 Å². The maximum absolute atomic E-state index is 13.0. The molecule has 1 aromatic heterocycles. The van der Waals surface area contributed by atoms with Crippen LogP contribution in [-0.4, -0.2) is 15.2 Å². The van der Waals surface area contributed by atoms with Crippen molar-refractivity contribution in [2.45, 2.75) is 6.42 Å². The van der Waals surface area contributed by atoms with E-state index in [2.05, 4.69) is 20.5 Å². The number of para-hydroxylation sites is 1. The highest BCUT2D eigenvalue weighted by molar-refractivity contribution is 5.54. The van der Waals surface area contributed by atoms with Crippen LogP contribution in [0.25, 0.3) is 0 Å². The number of ether oxygens (including phenoxy) is 1. The molecule has 0 saturated heterocycles. The number of rotatable bonds is 6. The van der Waals surface area contributed by atoms with Gasteiger partial charge in [-0.05, 0) is 54.1 Å². The summed E-state index contributed by atoms with van der Waals surface area (Å²) in [7, 11) is 0. The van der Waals surface area contributed by atoms with Gasteiger partial charge < -0.3 is 10.1 Å². The van der Waals surface area contributed by atoms with Gasteiger partial charge in [0.1, 0.15) is 23.0 Å². The lowest BCUT2D eigenvalue weighted by Crippen LogP contribution is -2.18. The van der Waals surface area contributed by atoms with Crippen LogP contribution < -0.4 is 15.6 Å². The Morgan fingerprint density at radius 1 is 0.862 bits per heavy atom. The van der Waals surface area contributed by atoms with Crippen LogP contribution in [-0.2, 0) is 6.42 Å². The molecule has 0 radical (unpaired) electrons. The lowest BCUT2D eigenvalue weighted by Gasteiger charge is -2.08. The Hall–Kier alpha value is -4.00. The van der Waals surface area contributed by atoms with Crippen LogP contribution in [0.2, 0.25) is 0 Å². The van der Waals surface area contributed by atoms with E-state index < -0.39 is 0 Å². The first-order valence-corrected chi connectivity index (χ1v) is 8.96. The minimum atomic E-state index is -0.351. The predicted octanol–water partition coefficient (Wildman–Crippen LogP) is 4.43. The molecule has 0 amide bonds. The van der Waals surface area contributed by atoms with Crippen LogP contribution >= 0.6 is 0 Å². The second kappa shape index (κ2) is 8.35. The molecule has 0 aliphatic heterocycles. The lowest BCUT2D eigenvalue weighted by molar-refractivity contribution is 0.483. The van der Waals surface area contributed by atoms with E-state index in [1.807, 2.05) is 54.6 Å². The molecule has 0 saturated carbocycles. The SMILES string of the molecule is O=c1[nH]c(Nc2ccc(Oc3ccccc3)cc2)nnc1Cc1ccc(F)cc1. The molecule has 0 fully saturated rings. The van der Waals surface area contributed by atoms with Gasteiger partial charge in [-0.3, -0.25) is 9.78 Å². The third kappa shape index (κ3) is 4.84. The number of nitrogens with zero attached hydrogens (tertiary/aromatic N) is 2. The minimum Gasteiger partial charge on any atom is -0.457 e. The van der Waals surface area contributed by atoms with E-state index in [9.17, 15) is 9.18 Å². The summed E-state index contributed by atoms with van der Waals surface area (Å²) in [5, 5.41) is 11.0. The first-order valence-electron chi connectivity index (χ1n) is 8.96. The number of anilines is 2. The molecule has 0 aliphatic rings. The van der Waals surface area contributed by atoms with Crippen LogP contribution in [0.4, 0.5) is 16.0 Å². The molecule has 144 valence electrons. The van der Waals surface area contributed by atoms with Crippen molar-refractivity contribution in [3.8, 4) is 11.5 Å². The van der Waals surface area contributed by atoms with Crippen molar-refractivity contribution >= 4 is 11.6 Å². The molecule has 1 heterocycles. The molecule has 29 heavy (non-hydrogen) atoms. The third-order valence-corrected chi connectivity index (χ3v) is 4.15. The molecule has 0 bridgehead atoms. The molecule has 7 heteroatoms. The molecule has 4 rings (SSSR count). The Morgan fingerprint density at radius 3 is 2.24 bits per heavy atom. The molecule has 0 aliphatic carbocycles. The Kier molecular flexibility index (Phi) is 5.29. The second-order valence-electron chi connectivity index (χ2n) is 6.32. The normalized spacial score (nSPS) is 10.5. The third-order valence-electron chi connectivity index (χ3n) is 4.15. The zero-order valence-electron chi connectivity index (χ0n) is 15.3. The van der Waals surface area contributed by atoms with Crippen LogP contribution in [0, 0.1) is 5.82 Å². The van der Waals surface area contributed by atoms with E-state index in [1.54, 1.807) is 12.1 Å². The molecule has 0 unspecified atom stereocenters. The van der Waals surface area contributed by atoms with Crippen molar-refractivity contribution in [1.82, 2.24) is 15.2 Å². The van der Waals surface area contributed by atoms with Gasteiger partial charge >= 0.3 is 0 Å². The molecule has 6 nitrogen and oxygen atoms in total. The van der Waals surface area contributed by atoms with Gasteiger partial charge in [0.25, 0.3) is 5.56 Å². The first-order chi connectivity index (χ1) is 14.2. The average molecular weight is 388 g/mol.